The van der Waals surface area contributed by atoms with Crippen molar-refractivity contribution >= 4 is 22.8 Å². The van der Waals surface area contributed by atoms with Crippen LogP contribution in [-0.4, -0.2) is 35.9 Å². The van der Waals surface area contributed by atoms with Crippen LogP contribution in [0.25, 0.3) is 16.8 Å². The summed E-state index contributed by atoms with van der Waals surface area (Å²) in [5, 5.41) is 23.9. The number of para-hydroxylation sites is 1. The lowest BCUT2D eigenvalue weighted by atomic mass is 10.3. The molecule has 3 rings (SSSR count). The molecule has 0 spiro atoms. The van der Waals surface area contributed by atoms with Gasteiger partial charge >= 0.3 is 5.97 Å². The fraction of sp³-hybridized carbons (Fsp3) is 0. The van der Waals surface area contributed by atoms with E-state index in [0.29, 0.717) is 11.0 Å². The van der Waals surface area contributed by atoms with Crippen LogP contribution in [-0.2, 0) is 0 Å². The van der Waals surface area contributed by atoms with Crippen molar-refractivity contribution in [1.82, 2.24) is 24.8 Å². The van der Waals surface area contributed by atoms with E-state index in [1.54, 1.807) is 24.3 Å². The maximum absolute atomic E-state index is 10.9. The summed E-state index contributed by atoms with van der Waals surface area (Å²) >= 11 is 0. The lowest BCUT2D eigenvalue weighted by Crippen LogP contribution is -2.05. The van der Waals surface area contributed by atoms with Crippen LogP contribution < -0.4 is 0 Å². The van der Waals surface area contributed by atoms with E-state index < -0.39 is 5.97 Å². The van der Waals surface area contributed by atoms with Crippen molar-refractivity contribution in [3.63, 3.8) is 0 Å². The van der Waals surface area contributed by atoms with Crippen molar-refractivity contribution in [3.05, 3.63) is 30.1 Å². The Morgan fingerprint density at radius 2 is 1.88 bits per heavy atom. The third kappa shape index (κ3) is 1.05. The standard InChI is InChI=1S/C9H5N5O2/c15-8(16)7-11-13-9-12-10-5-3-1-2-4-6(5)14(7)9/h1-4H,(H,15,16). The summed E-state index contributed by atoms with van der Waals surface area (Å²) in [7, 11) is 0. The normalized spacial score (nSPS) is 11.0. The highest BCUT2D eigenvalue weighted by Gasteiger charge is 2.15. The maximum Gasteiger partial charge on any atom is 0.374 e. The van der Waals surface area contributed by atoms with Gasteiger partial charge in [-0.25, -0.2) is 4.79 Å². The first kappa shape index (κ1) is 8.72. The summed E-state index contributed by atoms with van der Waals surface area (Å²) in [4.78, 5) is 10.9. The zero-order chi connectivity index (χ0) is 11.1. The van der Waals surface area contributed by atoms with E-state index in [2.05, 4.69) is 20.4 Å². The molecule has 78 valence electrons. The number of carboxylic acid groups (broad SMARTS) is 1. The van der Waals surface area contributed by atoms with Crippen LogP contribution in [0, 0.1) is 0 Å². The summed E-state index contributed by atoms with van der Waals surface area (Å²) in [5.74, 6) is -1.14. The Bertz CT molecular complexity index is 705. The SMILES string of the molecule is O=C(O)c1nnc2nnc3ccccc3n12. The quantitative estimate of drug-likeness (QED) is 0.630. The van der Waals surface area contributed by atoms with Crippen LogP contribution in [0.2, 0.25) is 0 Å². The van der Waals surface area contributed by atoms with Crippen LogP contribution in [0.3, 0.4) is 0 Å². The number of fused-ring (bicyclic) bond motifs is 3. The molecule has 7 heteroatoms. The van der Waals surface area contributed by atoms with Crippen molar-refractivity contribution in [2.45, 2.75) is 0 Å². The molecule has 1 aromatic carbocycles. The van der Waals surface area contributed by atoms with Gasteiger partial charge in [-0.3, -0.25) is 4.40 Å². The van der Waals surface area contributed by atoms with E-state index in [1.165, 1.54) is 4.40 Å². The molecule has 3 aromatic rings. The Hall–Kier alpha value is -2.57. The largest absolute Gasteiger partial charge is 0.475 e. The van der Waals surface area contributed by atoms with E-state index >= 15 is 0 Å². The Labute approximate surface area is 88.4 Å². The first-order chi connectivity index (χ1) is 7.77. The molecule has 2 aromatic heterocycles. The highest BCUT2D eigenvalue weighted by atomic mass is 16.4. The first-order valence-electron chi connectivity index (χ1n) is 4.47. The molecule has 0 radical (unpaired) electrons. The van der Waals surface area contributed by atoms with E-state index in [9.17, 15) is 4.79 Å². The van der Waals surface area contributed by atoms with Gasteiger partial charge in [-0.05, 0) is 12.1 Å². The second kappa shape index (κ2) is 2.96. The highest BCUT2D eigenvalue weighted by molar-refractivity contribution is 5.87. The van der Waals surface area contributed by atoms with Gasteiger partial charge in [-0.15, -0.1) is 20.4 Å². The Kier molecular flexibility index (Phi) is 1.61. The third-order valence-corrected chi connectivity index (χ3v) is 2.21. The summed E-state index contributed by atoms with van der Waals surface area (Å²) in [6, 6.07) is 7.07. The minimum Gasteiger partial charge on any atom is -0.475 e. The van der Waals surface area contributed by atoms with Gasteiger partial charge in [0, 0.05) is 0 Å². The molecule has 0 saturated carbocycles. The van der Waals surface area contributed by atoms with Gasteiger partial charge in [0.1, 0.15) is 5.52 Å². The van der Waals surface area contributed by atoms with Crippen LogP contribution >= 0.6 is 0 Å². The molecule has 0 aliphatic heterocycles. The minimum absolute atomic E-state index is 0.166. The van der Waals surface area contributed by atoms with E-state index in [4.69, 9.17) is 5.11 Å². The number of aromatic carboxylic acids is 1. The van der Waals surface area contributed by atoms with Crippen LogP contribution in [0.15, 0.2) is 24.3 Å². The molecule has 16 heavy (non-hydrogen) atoms. The summed E-state index contributed by atoms with van der Waals surface area (Å²) in [6.07, 6.45) is 0. The highest BCUT2D eigenvalue weighted by Crippen LogP contribution is 2.12. The van der Waals surface area contributed by atoms with E-state index in [-0.39, 0.29) is 11.6 Å². The number of hydrogen-bond acceptors (Lipinski definition) is 5. The average Bonchev–Trinajstić information content (AvgIpc) is 2.73. The second-order valence-electron chi connectivity index (χ2n) is 3.15. The molecule has 0 unspecified atom stereocenters. The number of carbonyl (C=O) groups is 1. The summed E-state index contributed by atoms with van der Waals surface area (Å²) in [5.41, 5.74) is 1.22. The van der Waals surface area contributed by atoms with Gasteiger partial charge < -0.3 is 5.11 Å². The molecular weight excluding hydrogens is 210 g/mol. The van der Waals surface area contributed by atoms with Gasteiger partial charge in [0.15, 0.2) is 0 Å². The topological polar surface area (TPSA) is 93.3 Å². The minimum atomic E-state index is -1.15. The van der Waals surface area contributed by atoms with Gasteiger partial charge in [-0.1, -0.05) is 12.1 Å². The van der Waals surface area contributed by atoms with Crippen molar-refractivity contribution in [2.24, 2.45) is 0 Å². The maximum atomic E-state index is 10.9. The molecule has 0 aliphatic rings. The predicted octanol–water partition coefficient (Wildman–Crippen LogP) is 0.371. The molecular formula is C9H5N5O2. The number of rotatable bonds is 1. The molecule has 0 fully saturated rings. The molecule has 0 saturated heterocycles. The molecule has 2 heterocycles. The molecule has 0 aliphatic carbocycles. The lowest BCUT2D eigenvalue weighted by molar-refractivity contribution is 0.0682. The molecule has 0 bridgehead atoms. The van der Waals surface area contributed by atoms with E-state index in [0.717, 1.165) is 0 Å². The van der Waals surface area contributed by atoms with Crippen molar-refractivity contribution in [2.75, 3.05) is 0 Å². The van der Waals surface area contributed by atoms with E-state index in [1.807, 2.05) is 0 Å². The second-order valence-corrected chi connectivity index (χ2v) is 3.15. The molecule has 7 nitrogen and oxygen atoms in total. The third-order valence-electron chi connectivity index (χ3n) is 2.21. The Balaban J connectivity index is 2.56. The molecule has 1 N–H and O–H groups in total. The Morgan fingerprint density at radius 3 is 2.69 bits per heavy atom. The zero-order valence-corrected chi connectivity index (χ0v) is 7.90. The number of benzene rings is 1. The number of carboxylic acids is 1. The van der Waals surface area contributed by atoms with Gasteiger partial charge in [0.25, 0.3) is 5.78 Å². The molecule has 0 amide bonds. The number of aromatic nitrogens is 5. The lowest BCUT2D eigenvalue weighted by Gasteiger charge is -1.99. The smallest absolute Gasteiger partial charge is 0.374 e. The average molecular weight is 215 g/mol. The fourth-order valence-electron chi connectivity index (χ4n) is 1.54. The van der Waals surface area contributed by atoms with Crippen LogP contribution in [0.5, 0.6) is 0 Å². The van der Waals surface area contributed by atoms with Crippen LogP contribution in [0.4, 0.5) is 0 Å². The fourth-order valence-corrected chi connectivity index (χ4v) is 1.54. The number of nitrogens with zero attached hydrogens (tertiary/aromatic N) is 5. The van der Waals surface area contributed by atoms with Crippen LogP contribution in [0.1, 0.15) is 10.6 Å². The first-order valence-corrected chi connectivity index (χ1v) is 4.47. The molecule has 0 atom stereocenters. The number of hydrogen-bond donors (Lipinski definition) is 1. The van der Waals surface area contributed by atoms with Gasteiger partial charge in [0.05, 0.1) is 5.52 Å². The predicted molar refractivity (Wildman–Crippen MR) is 53.0 cm³/mol. The van der Waals surface area contributed by atoms with Crippen molar-refractivity contribution < 1.29 is 9.90 Å². The van der Waals surface area contributed by atoms with Crippen molar-refractivity contribution in [1.29, 1.82) is 0 Å². The zero-order valence-electron chi connectivity index (χ0n) is 7.90. The summed E-state index contributed by atoms with van der Waals surface area (Å²) < 4.78 is 1.37. The summed E-state index contributed by atoms with van der Waals surface area (Å²) in [6.45, 7) is 0. The monoisotopic (exact) mass is 215 g/mol. The van der Waals surface area contributed by atoms with Gasteiger partial charge in [0.2, 0.25) is 5.82 Å². The van der Waals surface area contributed by atoms with Gasteiger partial charge in [-0.2, -0.15) is 0 Å². The van der Waals surface area contributed by atoms with Crippen molar-refractivity contribution in [3.8, 4) is 0 Å². The Morgan fingerprint density at radius 1 is 1.12 bits per heavy atom.